The largest absolute Gasteiger partial charge is 0.618 e. The Morgan fingerprint density at radius 1 is 1.19 bits per heavy atom. The van der Waals surface area contributed by atoms with Crippen LogP contribution in [0.5, 0.6) is 0 Å². The SMILES string of the molecule is Cc1ccc(C)c(C(=O)COC(=O)c2cccc[n+]2[O-])c1. The Balaban J connectivity index is 2.06. The van der Waals surface area contributed by atoms with E-state index in [1.54, 1.807) is 12.1 Å². The minimum Gasteiger partial charge on any atom is -0.618 e. The summed E-state index contributed by atoms with van der Waals surface area (Å²) in [6.07, 6.45) is 1.20. The molecule has 0 radical (unpaired) electrons. The standard InChI is InChI=1S/C16H15NO4/c1-11-6-7-12(2)13(9-11)15(18)10-21-16(19)14-5-3-4-8-17(14)20/h3-9H,10H2,1-2H3. The van der Waals surface area contributed by atoms with E-state index < -0.39 is 12.6 Å². The van der Waals surface area contributed by atoms with Gasteiger partial charge in [0.15, 0.2) is 12.8 Å². The highest BCUT2D eigenvalue weighted by molar-refractivity contribution is 6.00. The number of benzene rings is 1. The molecular weight excluding hydrogens is 270 g/mol. The first-order valence-corrected chi connectivity index (χ1v) is 6.45. The number of rotatable bonds is 4. The van der Waals surface area contributed by atoms with E-state index in [0.717, 1.165) is 11.1 Å². The molecule has 0 spiro atoms. The average molecular weight is 285 g/mol. The molecule has 1 aromatic carbocycles. The molecule has 0 aliphatic carbocycles. The molecule has 2 rings (SSSR count). The molecule has 0 unspecified atom stereocenters. The molecular formula is C16H15NO4. The smallest absolute Gasteiger partial charge is 0.405 e. The number of nitrogens with zero attached hydrogens (tertiary/aromatic N) is 1. The van der Waals surface area contributed by atoms with Crippen molar-refractivity contribution in [2.75, 3.05) is 6.61 Å². The molecule has 0 amide bonds. The summed E-state index contributed by atoms with van der Waals surface area (Å²) in [6, 6.07) is 9.90. The maximum Gasteiger partial charge on any atom is 0.405 e. The van der Waals surface area contributed by atoms with Gasteiger partial charge in [0.05, 0.1) is 0 Å². The second-order valence-electron chi connectivity index (χ2n) is 4.73. The number of ketones is 1. The van der Waals surface area contributed by atoms with Gasteiger partial charge in [0.2, 0.25) is 5.78 Å². The highest BCUT2D eigenvalue weighted by Gasteiger charge is 2.19. The molecule has 0 aliphatic heterocycles. The van der Waals surface area contributed by atoms with E-state index in [1.165, 1.54) is 18.3 Å². The predicted molar refractivity (Wildman–Crippen MR) is 75.9 cm³/mol. The highest BCUT2D eigenvalue weighted by atomic mass is 16.5. The molecule has 0 saturated heterocycles. The molecule has 1 aromatic heterocycles. The number of hydrogen-bond acceptors (Lipinski definition) is 4. The first-order chi connectivity index (χ1) is 9.99. The summed E-state index contributed by atoms with van der Waals surface area (Å²) >= 11 is 0. The summed E-state index contributed by atoms with van der Waals surface area (Å²) in [5.74, 6) is -1.11. The topological polar surface area (TPSA) is 70.3 Å². The van der Waals surface area contributed by atoms with Crippen LogP contribution in [0.15, 0.2) is 42.6 Å². The van der Waals surface area contributed by atoms with Gasteiger partial charge in [-0.05, 0) is 31.5 Å². The number of hydrogen-bond donors (Lipinski definition) is 0. The monoisotopic (exact) mass is 285 g/mol. The van der Waals surface area contributed by atoms with Crippen molar-refractivity contribution in [2.24, 2.45) is 0 Å². The fourth-order valence-electron chi connectivity index (χ4n) is 1.91. The van der Waals surface area contributed by atoms with Gasteiger partial charge in [0, 0.05) is 17.7 Å². The van der Waals surface area contributed by atoms with Gasteiger partial charge in [-0.1, -0.05) is 17.7 Å². The van der Waals surface area contributed by atoms with E-state index in [0.29, 0.717) is 10.3 Å². The summed E-state index contributed by atoms with van der Waals surface area (Å²) in [7, 11) is 0. The quantitative estimate of drug-likeness (QED) is 0.373. The van der Waals surface area contributed by atoms with Crippen molar-refractivity contribution in [3.8, 4) is 0 Å². The molecule has 2 aromatic rings. The molecule has 1 heterocycles. The van der Waals surface area contributed by atoms with E-state index in [9.17, 15) is 14.8 Å². The molecule has 0 aliphatic rings. The lowest BCUT2D eigenvalue weighted by molar-refractivity contribution is -0.608. The van der Waals surface area contributed by atoms with E-state index in [-0.39, 0.29) is 11.5 Å². The summed E-state index contributed by atoms with van der Waals surface area (Å²) in [5.41, 5.74) is 2.15. The Kier molecular flexibility index (Phi) is 4.33. The molecule has 5 nitrogen and oxygen atoms in total. The number of aryl methyl sites for hydroxylation is 2. The Labute approximate surface area is 122 Å². The number of aromatic nitrogens is 1. The Morgan fingerprint density at radius 3 is 2.67 bits per heavy atom. The predicted octanol–water partition coefficient (Wildman–Crippen LogP) is 1.98. The van der Waals surface area contributed by atoms with Gasteiger partial charge in [-0.3, -0.25) is 4.79 Å². The third-order valence-corrected chi connectivity index (χ3v) is 3.06. The second kappa shape index (κ2) is 6.17. The van der Waals surface area contributed by atoms with Crippen LogP contribution < -0.4 is 4.73 Å². The molecule has 108 valence electrons. The van der Waals surface area contributed by atoms with Gasteiger partial charge in [0.1, 0.15) is 0 Å². The second-order valence-corrected chi connectivity index (χ2v) is 4.73. The van der Waals surface area contributed by atoms with Crippen molar-refractivity contribution in [2.45, 2.75) is 13.8 Å². The Bertz CT molecular complexity index is 694. The maximum absolute atomic E-state index is 12.1. The van der Waals surface area contributed by atoms with Crippen molar-refractivity contribution >= 4 is 11.8 Å². The van der Waals surface area contributed by atoms with Gasteiger partial charge in [-0.15, -0.1) is 0 Å². The van der Waals surface area contributed by atoms with Gasteiger partial charge < -0.3 is 9.94 Å². The average Bonchev–Trinajstić information content (AvgIpc) is 2.47. The lowest BCUT2D eigenvalue weighted by Crippen LogP contribution is -2.35. The van der Waals surface area contributed by atoms with Crippen LogP contribution in [0.4, 0.5) is 0 Å². The summed E-state index contributed by atoms with van der Waals surface area (Å²) in [4.78, 5) is 23.8. The van der Waals surface area contributed by atoms with Crippen LogP contribution in [0, 0.1) is 19.1 Å². The Morgan fingerprint density at radius 2 is 1.95 bits per heavy atom. The lowest BCUT2D eigenvalue weighted by atomic mass is 10.0. The molecule has 0 saturated carbocycles. The zero-order valence-electron chi connectivity index (χ0n) is 11.8. The molecule has 0 N–H and O–H groups in total. The van der Waals surface area contributed by atoms with Crippen LogP contribution in [0.1, 0.15) is 32.0 Å². The number of Topliss-reactive ketones (excluding diaryl/α,β-unsaturated/α-hetero) is 1. The summed E-state index contributed by atoms with van der Waals surface area (Å²) in [6.45, 7) is 3.31. The van der Waals surface area contributed by atoms with Gasteiger partial charge in [0.25, 0.3) is 0 Å². The third-order valence-electron chi connectivity index (χ3n) is 3.06. The van der Waals surface area contributed by atoms with Crippen molar-refractivity contribution in [3.63, 3.8) is 0 Å². The van der Waals surface area contributed by atoms with Gasteiger partial charge in [-0.25, -0.2) is 4.79 Å². The van der Waals surface area contributed by atoms with Crippen LogP contribution in [0.2, 0.25) is 0 Å². The molecule has 0 bridgehead atoms. The molecule has 21 heavy (non-hydrogen) atoms. The van der Waals surface area contributed by atoms with E-state index in [2.05, 4.69) is 0 Å². The number of ether oxygens (including phenoxy) is 1. The van der Waals surface area contributed by atoms with E-state index in [4.69, 9.17) is 4.74 Å². The van der Waals surface area contributed by atoms with E-state index >= 15 is 0 Å². The maximum atomic E-state index is 12.1. The third kappa shape index (κ3) is 3.45. The fourth-order valence-corrected chi connectivity index (χ4v) is 1.91. The summed E-state index contributed by atoms with van der Waals surface area (Å²) < 4.78 is 5.32. The fraction of sp³-hybridized carbons (Fsp3) is 0.188. The van der Waals surface area contributed by atoms with Crippen molar-refractivity contribution < 1.29 is 19.1 Å². The zero-order valence-corrected chi connectivity index (χ0v) is 11.8. The lowest BCUT2D eigenvalue weighted by Gasteiger charge is -2.07. The highest BCUT2D eigenvalue weighted by Crippen LogP contribution is 2.11. The van der Waals surface area contributed by atoms with Crippen molar-refractivity contribution in [1.29, 1.82) is 0 Å². The van der Waals surface area contributed by atoms with Crippen LogP contribution in [-0.2, 0) is 4.74 Å². The number of carbonyl (C=O) groups excluding carboxylic acids is 2. The number of pyridine rings is 1. The van der Waals surface area contributed by atoms with Crippen molar-refractivity contribution in [3.05, 3.63) is 70.2 Å². The number of carbonyl (C=O) groups is 2. The van der Waals surface area contributed by atoms with Crippen molar-refractivity contribution in [1.82, 2.24) is 0 Å². The molecule has 0 atom stereocenters. The normalized spacial score (nSPS) is 10.2. The van der Waals surface area contributed by atoms with E-state index in [1.807, 2.05) is 26.0 Å². The first kappa shape index (κ1) is 14.7. The minimum absolute atomic E-state index is 0.147. The minimum atomic E-state index is -0.816. The first-order valence-electron chi connectivity index (χ1n) is 6.45. The van der Waals surface area contributed by atoms with Crippen LogP contribution in [0.3, 0.4) is 0 Å². The number of esters is 1. The molecule has 0 fully saturated rings. The zero-order chi connectivity index (χ0) is 15.4. The molecule has 5 heteroatoms. The Hall–Kier alpha value is -2.69. The van der Waals surface area contributed by atoms with Gasteiger partial charge in [-0.2, -0.15) is 4.73 Å². The van der Waals surface area contributed by atoms with Crippen LogP contribution in [-0.4, -0.2) is 18.4 Å². The summed E-state index contributed by atoms with van der Waals surface area (Å²) in [5, 5.41) is 11.4. The van der Waals surface area contributed by atoms with Crippen LogP contribution in [0.25, 0.3) is 0 Å². The van der Waals surface area contributed by atoms with Crippen LogP contribution >= 0.6 is 0 Å². The van der Waals surface area contributed by atoms with Gasteiger partial charge >= 0.3 is 11.7 Å².